The molecule has 1 aromatic carbocycles. The van der Waals surface area contributed by atoms with Crippen LogP contribution < -0.4 is 9.32 Å². The zero-order valence-corrected chi connectivity index (χ0v) is 7.58. The fraction of sp³-hybridized carbons (Fsp3) is 0. The molecule has 1 rings (SSSR count). The molecule has 1 aromatic rings. The second-order valence-corrected chi connectivity index (χ2v) is 3.48. The van der Waals surface area contributed by atoms with Crippen LogP contribution in [0.4, 0.5) is 4.39 Å². The number of hydrogen-bond acceptors (Lipinski definition) is 4. The van der Waals surface area contributed by atoms with Gasteiger partial charge in [-0.3, -0.25) is 0 Å². The molecule has 7 heteroatoms. The van der Waals surface area contributed by atoms with Crippen molar-refractivity contribution in [3.8, 4) is 11.8 Å². The number of nitrogens with zero attached hydrogens (tertiary/aromatic N) is 1. The first kappa shape index (κ1) is 10.4. The third kappa shape index (κ3) is 2.69. The lowest BCUT2D eigenvalue weighted by atomic mass is 10.2. The standard InChI is InChI=1S/C7H5FN2O3S/c8-6-1-2-7(5(3-6)4-9)13-14(10,11)12/h1-3H,(H2,10,11,12). The van der Waals surface area contributed by atoms with Gasteiger partial charge in [0.05, 0.1) is 5.56 Å². The van der Waals surface area contributed by atoms with E-state index in [-0.39, 0.29) is 11.3 Å². The second-order valence-electron chi connectivity index (χ2n) is 2.33. The molecule has 0 heterocycles. The molecule has 0 fully saturated rings. The highest BCUT2D eigenvalue weighted by Gasteiger charge is 2.10. The monoisotopic (exact) mass is 216 g/mol. The highest BCUT2D eigenvalue weighted by molar-refractivity contribution is 7.84. The summed E-state index contributed by atoms with van der Waals surface area (Å²) >= 11 is 0. The number of rotatable bonds is 2. The Bertz CT molecular complexity index is 492. The van der Waals surface area contributed by atoms with Gasteiger partial charge in [-0.1, -0.05) is 0 Å². The first-order valence-electron chi connectivity index (χ1n) is 3.34. The smallest absolute Gasteiger partial charge is 0.370 e. The normalized spacial score (nSPS) is 10.6. The summed E-state index contributed by atoms with van der Waals surface area (Å²) in [7, 11) is -4.20. The number of nitriles is 1. The fourth-order valence-corrected chi connectivity index (χ4v) is 1.18. The summed E-state index contributed by atoms with van der Waals surface area (Å²) in [6.45, 7) is 0. The van der Waals surface area contributed by atoms with Gasteiger partial charge in [-0.05, 0) is 18.2 Å². The van der Waals surface area contributed by atoms with Crippen LogP contribution >= 0.6 is 0 Å². The topological polar surface area (TPSA) is 93.2 Å². The maximum Gasteiger partial charge on any atom is 0.380 e. The Hall–Kier alpha value is -1.65. The van der Waals surface area contributed by atoms with Gasteiger partial charge in [0.15, 0.2) is 5.75 Å². The number of halogens is 1. The van der Waals surface area contributed by atoms with Gasteiger partial charge in [0, 0.05) is 0 Å². The Morgan fingerprint density at radius 1 is 1.50 bits per heavy atom. The van der Waals surface area contributed by atoms with E-state index >= 15 is 0 Å². The third-order valence-electron chi connectivity index (χ3n) is 1.27. The van der Waals surface area contributed by atoms with Crippen molar-refractivity contribution in [1.29, 1.82) is 5.26 Å². The van der Waals surface area contributed by atoms with Crippen molar-refractivity contribution in [2.75, 3.05) is 0 Å². The molecule has 0 spiro atoms. The molecule has 0 aliphatic rings. The van der Waals surface area contributed by atoms with E-state index in [0.717, 1.165) is 18.2 Å². The van der Waals surface area contributed by atoms with Gasteiger partial charge in [-0.15, -0.1) is 0 Å². The van der Waals surface area contributed by atoms with Crippen LogP contribution in [-0.4, -0.2) is 8.42 Å². The summed E-state index contributed by atoms with van der Waals surface area (Å²) in [5.41, 5.74) is -0.237. The predicted octanol–water partition coefficient (Wildman–Crippen LogP) is 0.280. The van der Waals surface area contributed by atoms with Crippen LogP contribution in [0, 0.1) is 17.1 Å². The fourth-order valence-electron chi connectivity index (χ4n) is 0.787. The Labute approximate surface area is 79.8 Å². The molecule has 0 amide bonds. The lowest BCUT2D eigenvalue weighted by Crippen LogP contribution is -2.19. The summed E-state index contributed by atoms with van der Waals surface area (Å²) in [5.74, 6) is -0.959. The minimum Gasteiger partial charge on any atom is -0.370 e. The second kappa shape index (κ2) is 3.61. The van der Waals surface area contributed by atoms with Crippen LogP contribution in [0.1, 0.15) is 5.56 Å². The molecule has 0 bridgehead atoms. The van der Waals surface area contributed by atoms with E-state index in [1.54, 1.807) is 6.07 Å². The number of nitrogens with two attached hydrogens (primary N) is 1. The van der Waals surface area contributed by atoms with Crippen LogP contribution in [0.3, 0.4) is 0 Å². The summed E-state index contributed by atoms with van der Waals surface area (Å²) in [4.78, 5) is 0. The van der Waals surface area contributed by atoms with Crippen LogP contribution in [0.2, 0.25) is 0 Å². The number of benzene rings is 1. The molecule has 0 saturated carbocycles. The predicted molar refractivity (Wildman–Crippen MR) is 44.9 cm³/mol. The summed E-state index contributed by atoms with van der Waals surface area (Å²) in [6, 6.07) is 4.39. The molecule has 0 saturated heterocycles. The molecule has 0 aliphatic heterocycles. The highest BCUT2D eigenvalue weighted by Crippen LogP contribution is 2.19. The molecule has 0 atom stereocenters. The SMILES string of the molecule is N#Cc1cc(F)ccc1OS(N)(=O)=O. The summed E-state index contributed by atoms with van der Waals surface area (Å²) < 4.78 is 37.8. The van der Waals surface area contributed by atoms with E-state index in [1.807, 2.05) is 0 Å². The van der Waals surface area contributed by atoms with E-state index in [4.69, 9.17) is 5.26 Å². The van der Waals surface area contributed by atoms with Gasteiger partial charge >= 0.3 is 10.3 Å². The average molecular weight is 216 g/mol. The Morgan fingerprint density at radius 3 is 2.64 bits per heavy atom. The van der Waals surface area contributed by atoms with Gasteiger partial charge in [0.1, 0.15) is 11.9 Å². The van der Waals surface area contributed by atoms with Crippen LogP contribution in [0.15, 0.2) is 18.2 Å². The van der Waals surface area contributed by atoms with Crippen molar-refractivity contribution < 1.29 is 17.0 Å². The van der Waals surface area contributed by atoms with E-state index in [0.29, 0.717) is 0 Å². The Kier molecular flexibility index (Phi) is 2.69. The molecule has 5 nitrogen and oxygen atoms in total. The minimum atomic E-state index is -4.20. The molecule has 0 radical (unpaired) electrons. The number of hydrogen-bond donors (Lipinski definition) is 1. The molecule has 2 N–H and O–H groups in total. The van der Waals surface area contributed by atoms with Crippen molar-refractivity contribution in [3.63, 3.8) is 0 Å². The van der Waals surface area contributed by atoms with Crippen molar-refractivity contribution in [2.24, 2.45) is 5.14 Å². The Balaban J connectivity index is 3.17. The van der Waals surface area contributed by atoms with Gasteiger partial charge < -0.3 is 4.18 Å². The minimum absolute atomic E-state index is 0.237. The maximum atomic E-state index is 12.6. The van der Waals surface area contributed by atoms with Gasteiger partial charge in [-0.25, -0.2) is 4.39 Å². The molecule has 0 aromatic heterocycles. The summed E-state index contributed by atoms with van der Waals surface area (Å²) in [6.07, 6.45) is 0. The molecular weight excluding hydrogens is 211 g/mol. The molecular formula is C7H5FN2O3S. The Morgan fingerprint density at radius 2 is 2.14 bits per heavy atom. The van der Waals surface area contributed by atoms with Crippen molar-refractivity contribution >= 4 is 10.3 Å². The van der Waals surface area contributed by atoms with Gasteiger partial charge in [0.2, 0.25) is 0 Å². The highest BCUT2D eigenvalue weighted by atomic mass is 32.2. The van der Waals surface area contributed by atoms with Gasteiger partial charge in [-0.2, -0.15) is 18.8 Å². The largest absolute Gasteiger partial charge is 0.380 e. The first-order chi connectivity index (χ1) is 6.42. The van der Waals surface area contributed by atoms with Crippen molar-refractivity contribution in [2.45, 2.75) is 0 Å². The lowest BCUT2D eigenvalue weighted by Gasteiger charge is -2.03. The average Bonchev–Trinajstić information content (AvgIpc) is 2.06. The van der Waals surface area contributed by atoms with Crippen LogP contribution in [0.5, 0.6) is 5.75 Å². The molecule has 0 aliphatic carbocycles. The van der Waals surface area contributed by atoms with Crippen LogP contribution in [0.25, 0.3) is 0 Å². The zero-order valence-electron chi connectivity index (χ0n) is 6.77. The van der Waals surface area contributed by atoms with E-state index in [9.17, 15) is 12.8 Å². The molecule has 14 heavy (non-hydrogen) atoms. The lowest BCUT2D eigenvalue weighted by molar-refractivity contribution is 0.485. The van der Waals surface area contributed by atoms with Crippen molar-refractivity contribution in [1.82, 2.24) is 0 Å². The maximum absolute atomic E-state index is 12.6. The van der Waals surface area contributed by atoms with Crippen molar-refractivity contribution in [3.05, 3.63) is 29.6 Å². The zero-order chi connectivity index (χ0) is 10.8. The third-order valence-corrected chi connectivity index (χ3v) is 1.68. The van der Waals surface area contributed by atoms with E-state index in [1.165, 1.54) is 0 Å². The van der Waals surface area contributed by atoms with E-state index in [2.05, 4.69) is 9.32 Å². The van der Waals surface area contributed by atoms with E-state index < -0.39 is 16.1 Å². The molecule has 74 valence electrons. The molecule has 0 unspecified atom stereocenters. The summed E-state index contributed by atoms with van der Waals surface area (Å²) in [5, 5.41) is 13.1. The quantitative estimate of drug-likeness (QED) is 0.768. The van der Waals surface area contributed by atoms with Gasteiger partial charge in [0.25, 0.3) is 0 Å². The van der Waals surface area contributed by atoms with Crippen LogP contribution in [-0.2, 0) is 10.3 Å². The first-order valence-corrected chi connectivity index (χ1v) is 4.81.